The van der Waals surface area contributed by atoms with E-state index in [9.17, 15) is 27.6 Å². The van der Waals surface area contributed by atoms with Crippen LogP contribution in [0.4, 0.5) is 0 Å². The van der Waals surface area contributed by atoms with Crippen LogP contribution in [-0.4, -0.2) is 76.5 Å². The maximum absolute atomic E-state index is 13.8. The number of hydrogen-bond acceptors (Lipinski definition) is 8. The summed E-state index contributed by atoms with van der Waals surface area (Å²) in [4.78, 5) is 59.5. The van der Waals surface area contributed by atoms with Gasteiger partial charge in [0.05, 0.1) is 17.5 Å². The second kappa shape index (κ2) is 11.6. The molecule has 1 N–H and O–H groups in total. The number of Topliss-reactive ketones (excluding diaryl/α,β-unsaturated/α-hetero) is 1. The molecule has 12 heteroatoms. The molecule has 10 nitrogen and oxygen atoms in total. The van der Waals surface area contributed by atoms with Crippen LogP contribution in [-0.2, 0) is 19.6 Å². The van der Waals surface area contributed by atoms with Gasteiger partial charge < -0.3 is 10.2 Å². The maximum atomic E-state index is 13.8. The molecule has 2 amide bonds. The zero-order chi connectivity index (χ0) is 29.3. The first-order chi connectivity index (χ1) is 19.6. The van der Waals surface area contributed by atoms with E-state index in [1.807, 2.05) is 50.2 Å². The number of hydrogen-bond donors (Lipinski definition) is 1. The molecule has 2 aliphatic heterocycles. The van der Waals surface area contributed by atoms with Crippen LogP contribution in [0.25, 0.3) is 10.4 Å². The molecule has 5 rings (SSSR count). The van der Waals surface area contributed by atoms with Gasteiger partial charge in [-0.1, -0.05) is 50.2 Å². The van der Waals surface area contributed by atoms with E-state index in [0.29, 0.717) is 11.3 Å². The third-order valence-electron chi connectivity index (χ3n) is 7.28. The molecule has 1 aromatic carbocycles. The normalized spacial score (nSPS) is 19.8. The zero-order valence-electron chi connectivity index (χ0n) is 22.6. The largest absolute Gasteiger partial charge is 0.340 e. The molecular formula is C29H30N4O6S2. The first-order valence-electron chi connectivity index (χ1n) is 13.3. The topological polar surface area (TPSA) is 134 Å². The monoisotopic (exact) mass is 594 g/mol. The number of fused-ring (bicyclic) bond motifs is 1. The summed E-state index contributed by atoms with van der Waals surface area (Å²) in [5, 5.41) is 1.67. The summed E-state index contributed by atoms with van der Waals surface area (Å²) in [6.45, 7) is 3.48. The number of ketones is 1. The Kier molecular flexibility index (Phi) is 8.16. The van der Waals surface area contributed by atoms with Crippen molar-refractivity contribution in [2.75, 3.05) is 13.1 Å². The van der Waals surface area contributed by atoms with Gasteiger partial charge in [0, 0.05) is 17.6 Å². The van der Waals surface area contributed by atoms with Crippen molar-refractivity contribution in [1.82, 2.24) is 19.5 Å². The van der Waals surface area contributed by atoms with E-state index in [4.69, 9.17) is 0 Å². The standard InChI is InChI=1S/C29H30N4O6S2/c1-18(2)16-21(31-27(35)25-12-11-24(40-25)19-8-4-3-5-9-19)28(36)32-15-13-22-26(32)23(34)17-33(22)41(38,39)29(37)20-10-6-7-14-30-20/h3-12,14,18,21-22,26H,13,15-17H2,1-2H3,(H,31,35). The van der Waals surface area contributed by atoms with Gasteiger partial charge >= 0.3 is 5.12 Å². The van der Waals surface area contributed by atoms with Crippen LogP contribution in [0.3, 0.4) is 0 Å². The second-order valence-corrected chi connectivity index (χ2v) is 13.4. The summed E-state index contributed by atoms with van der Waals surface area (Å²) in [5.74, 6) is -1.24. The van der Waals surface area contributed by atoms with Gasteiger partial charge in [-0.3, -0.25) is 24.2 Å². The summed E-state index contributed by atoms with van der Waals surface area (Å²) in [5.41, 5.74) is 0.744. The van der Waals surface area contributed by atoms with Crippen molar-refractivity contribution in [2.24, 2.45) is 5.92 Å². The van der Waals surface area contributed by atoms with Crippen molar-refractivity contribution in [3.63, 3.8) is 0 Å². The van der Waals surface area contributed by atoms with E-state index in [1.54, 1.807) is 12.1 Å². The molecular weight excluding hydrogens is 564 g/mol. The number of sulfonamides is 1. The number of nitrogens with one attached hydrogen (secondary N) is 1. The van der Waals surface area contributed by atoms with Crippen molar-refractivity contribution in [3.05, 3.63) is 77.4 Å². The average molecular weight is 595 g/mol. The first-order valence-corrected chi connectivity index (χ1v) is 15.6. The number of benzene rings is 1. The Hall–Kier alpha value is -3.74. The van der Waals surface area contributed by atoms with Crippen molar-refractivity contribution in [3.8, 4) is 10.4 Å². The zero-order valence-corrected chi connectivity index (χ0v) is 24.2. The summed E-state index contributed by atoms with van der Waals surface area (Å²) in [6.07, 6.45) is 1.85. The number of aromatic nitrogens is 1. The van der Waals surface area contributed by atoms with Gasteiger partial charge in [-0.2, -0.15) is 4.31 Å². The van der Waals surface area contributed by atoms with Crippen LogP contribution in [0.15, 0.2) is 66.9 Å². The predicted octanol–water partition coefficient (Wildman–Crippen LogP) is 2.98. The van der Waals surface area contributed by atoms with Gasteiger partial charge in [0.2, 0.25) is 5.91 Å². The van der Waals surface area contributed by atoms with Crippen LogP contribution < -0.4 is 5.32 Å². The van der Waals surface area contributed by atoms with Gasteiger partial charge in [0.15, 0.2) is 5.78 Å². The van der Waals surface area contributed by atoms with Crippen LogP contribution >= 0.6 is 11.3 Å². The van der Waals surface area contributed by atoms with Crippen molar-refractivity contribution < 1.29 is 27.6 Å². The molecule has 3 atom stereocenters. The Morgan fingerprint density at radius 3 is 2.46 bits per heavy atom. The highest BCUT2D eigenvalue weighted by atomic mass is 32.2. The summed E-state index contributed by atoms with van der Waals surface area (Å²) >= 11 is 1.32. The van der Waals surface area contributed by atoms with Crippen LogP contribution in [0.1, 0.15) is 46.8 Å². The van der Waals surface area contributed by atoms with Gasteiger partial charge in [-0.25, -0.2) is 8.42 Å². The van der Waals surface area contributed by atoms with Gasteiger partial charge in [-0.15, -0.1) is 11.3 Å². The van der Waals surface area contributed by atoms with Gasteiger partial charge in [-0.05, 0) is 48.6 Å². The molecule has 2 aliphatic rings. The Labute approximate surface area is 242 Å². The highest BCUT2D eigenvalue weighted by molar-refractivity contribution is 8.04. The Bertz CT molecular complexity index is 1570. The third-order valence-corrected chi connectivity index (χ3v) is 10.1. The molecule has 0 bridgehead atoms. The molecule has 3 aromatic rings. The molecule has 4 heterocycles. The number of carbonyl (C=O) groups excluding carboxylic acids is 4. The van der Waals surface area contributed by atoms with E-state index < -0.39 is 57.4 Å². The number of thiophene rings is 1. The van der Waals surface area contributed by atoms with Crippen LogP contribution in [0.2, 0.25) is 0 Å². The molecule has 2 aromatic heterocycles. The van der Waals surface area contributed by atoms with Crippen molar-refractivity contribution in [1.29, 1.82) is 0 Å². The SMILES string of the molecule is CC(C)CC(NC(=O)c1ccc(-c2ccccc2)s1)C(=O)N1CCC2C1C(=O)CN2S(=O)(=O)C(=O)c1ccccn1. The predicted molar refractivity (Wildman–Crippen MR) is 154 cm³/mol. The molecule has 214 valence electrons. The molecule has 41 heavy (non-hydrogen) atoms. The Morgan fingerprint density at radius 1 is 1.05 bits per heavy atom. The molecule has 0 saturated carbocycles. The lowest BCUT2D eigenvalue weighted by molar-refractivity contribution is -0.138. The third kappa shape index (κ3) is 5.72. The maximum Gasteiger partial charge on any atom is 0.310 e. The van der Waals surface area contributed by atoms with Crippen LogP contribution in [0, 0.1) is 5.92 Å². The Balaban J connectivity index is 1.33. The van der Waals surface area contributed by atoms with E-state index >= 15 is 0 Å². The lowest BCUT2D eigenvalue weighted by Crippen LogP contribution is -2.53. The van der Waals surface area contributed by atoms with Crippen LogP contribution in [0.5, 0.6) is 0 Å². The van der Waals surface area contributed by atoms with Gasteiger partial charge in [0.1, 0.15) is 17.8 Å². The highest BCUT2D eigenvalue weighted by Gasteiger charge is 2.55. The number of likely N-dealkylation sites (tertiary alicyclic amines) is 1. The minimum absolute atomic E-state index is 0.0537. The molecule has 3 unspecified atom stereocenters. The highest BCUT2D eigenvalue weighted by Crippen LogP contribution is 2.34. The number of pyridine rings is 1. The van der Waals surface area contributed by atoms with E-state index in [1.165, 1.54) is 34.6 Å². The Morgan fingerprint density at radius 2 is 1.78 bits per heavy atom. The quantitative estimate of drug-likeness (QED) is 0.424. The second-order valence-electron chi connectivity index (χ2n) is 10.5. The molecule has 0 spiro atoms. The summed E-state index contributed by atoms with van der Waals surface area (Å²) in [7, 11) is -4.54. The smallest absolute Gasteiger partial charge is 0.310 e. The van der Waals surface area contributed by atoms with E-state index in [2.05, 4.69) is 10.3 Å². The molecule has 0 radical (unpaired) electrons. The fraction of sp³-hybridized carbons (Fsp3) is 0.345. The molecule has 2 fully saturated rings. The number of amides is 2. The van der Waals surface area contributed by atoms with Crippen molar-refractivity contribution >= 4 is 44.1 Å². The summed E-state index contributed by atoms with van der Waals surface area (Å²) in [6, 6.07) is 14.8. The molecule has 2 saturated heterocycles. The minimum atomic E-state index is -4.54. The first kappa shape index (κ1) is 28.8. The summed E-state index contributed by atoms with van der Waals surface area (Å²) < 4.78 is 27.3. The molecule has 0 aliphatic carbocycles. The average Bonchev–Trinajstić information content (AvgIpc) is 3.70. The lowest BCUT2D eigenvalue weighted by atomic mass is 10.0. The van der Waals surface area contributed by atoms with Gasteiger partial charge in [0.25, 0.3) is 15.9 Å². The lowest BCUT2D eigenvalue weighted by Gasteiger charge is -2.29. The van der Waals surface area contributed by atoms with E-state index in [-0.39, 0.29) is 24.6 Å². The van der Waals surface area contributed by atoms with E-state index in [0.717, 1.165) is 14.7 Å². The number of rotatable bonds is 8. The number of nitrogens with zero attached hydrogens (tertiary/aromatic N) is 3. The minimum Gasteiger partial charge on any atom is -0.340 e. The fourth-order valence-corrected chi connectivity index (χ4v) is 7.79. The number of carbonyl (C=O) groups is 4. The fourth-order valence-electron chi connectivity index (χ4n) is 5.40. The van der Waals surface area contributed by atoms with Crippen molar-refractivity contribution in [2.45, 2.75) is 44.8 Å².